The summed E-state index contributed by atoms with van der Waals surface area (Å²) in [5.41, 5.74) is 1.08. The predicted octanol–water partition coefficient (Wildman–Crippen LogP) is 2.01. The lowest BCUT2D eigenvalue weighted by molar-refractivity contribution is -0.145. The lowest BCUT2D eigenvalue weighted by Crippen LogP contribution is -2.21. The smallest absolute Gasteiger partial charge is 0.317 e. The summed E-state index contributed by atoms with van der Waals surface area (Å²) in [5, 5.41) is 4.21. The maximum absolute atomic E-state index is 12.2. The second kappa shape index (κ2) is 6.32. The standard InChI is InChI=1S/C15H19N3O2/c1-4-20-15(19)13(10-12-8-6-5-7-9-12)14-16-11(2)17-18(14)3/h5-9,13H,4,10H2,1-3H3. The molecule has 1 aromatic heterocycles. The molecule has 1 unspecified atom stereocenters. The monoisotopic (exact) mass is 273 g/mol. The molecule has 2 aromatic rings. The van der Waals surface area contributed by atoms with Crippen molar-refractivity contribution >= 4 is 5.97 Å². The molecule has 0 saturated carbocycles. The van der Waals surface area contributed by atoms with E-state index in [-0.39, 0.29) is 5.97 Å². The Morgan fingerprint density at radius 2 is 2.05 bits per heavy atom. The first-order valence-electron chi connectivity index (χ1n) is 6.70. The number of esters is 1. The van der Waals surface area contributed by atoms with Gasteiger partial charge < -0.3 is 4.74 Å². The predicted molar refractivity (Wildman–Crippen MR) is 75.3 cm³/mol. The van der Waals surface area contributed by atoms with E-state index >= 15 is 0 Å². The number of hydrogen-bond donors (Lipinski definition) is 0. The van der Waals surface area contributed by atoms with Crippen molar-refractivity contribution in [1.82, 2.24) is 14.8 Å². The molecule has 0 fully saturated rings. The number of aryl methyl sites for hydroxylation is 2. The van der Waals surface area contributed by atoms with Crippen LogP contribution in [0.25, 0.3) is 0 Å². The fourth-order valence-corrected chi connectivity index (χ4v) is 2.20. The van der Waals surface area contributed by atoms with Gasteiger partial charge in [0.2, 0.25) is 0 Å². The van der Waals surface area contributed by atoms with Crippen LogP contribution in [0.4, 0.5) is 0 Å². The molecule has 0 spiro atoms. The average Bonchev–Trinajstić information content (AvgIpc) is 2.76. The van der Waals surface area contributed by atoms with Crippen molar-refractivity contribution in [1.29, 1.82) is 0 Å². The molecule has 5 heteroatoms. The van der Waals surface area contributed by atoms with Gasteiger partial charge in [-0.2, -0.15) is 5.10 Å². The molecule has 0 saturated heterocycles. The van der Waals surface area contributed by atoms with E-state index in [2.05, 4.69) is 10.1 Å². The van der Waals surface area contributed by atoms with Crippen molar-refractivity contribution in [3.05, 3.63) is 47.5 Å². The molecular weight excluding hydrogens is 254 g/mol. The zero-order valence-corrected chi connectivity index (χ0v) is 12.0. The Balaban J connectivity index is 2.30. The minimum atomic E-state index is -0.427. The van der Waals surface area contributed by atoms with Crippen LogP contribution in [0.3, 0.4) is 0 Å². The summed E-state index contributed by atoms with van der Waals surface area (Å²) in [6.45, 7) is 3.98. The van der Waals surface area contributed by atoms with Crippen molar-refractivity contribution in [2.75, 3.05) is 6.61 Å². The van der Waals surface area contributed by atoms with Gasteiger partial charge in [0.1, 0.15) is 17.6 Å². The first kappa shape index (κ1) is 14.2. The van der Waals surface area contributed by atoms with Gasteiger partial charge in [0.25, 0.3) is 0 Å². The Kier molecular flexibility index (Phi) is 4.50. The molecule has 2 rings (SSSR count). The molecule has 0 aliphatic rings. The fourth-order valence-electron chi connectivity index (χ4n) is 2.20. The number of benzene rings is 1. The second-order valence-electron chi connectivity index (χ2n) is 4.64. The van der Waals surface area contributed by atoms with E-state index in [1.54, 1.807) is 18.7 Å². The maximum atomic E-state index is 12.2. The Morgan fingerprint density at radius 1 is 1.35 bits per heavy atom. The number of carbonyl (C=O) groups is 1. The van der Waals surface area contributed by atoms with E-state index in [1.165, 1.54) is 0 Å². The third-order valence-corrected chi connectivity index (χ3v) is 3.07. The highest BCUT2D eigenvalue weighted by molar-refractivity contribution is 5.77. The molecule has 106 valence electrons. The van der Waals surface area contributed by atoms with Gasteiger partial charge in [0, 0.05) is 7.05 Å². The van der Waals surface area contributed by atoms with Crippen LogP contribution in [0.1, 0.15) is 30.1 Å². The summed E-state index contributed by atoms with van der Waals surface area (Å²) in [4.78, 5) is 16.6. The van der Waals surface area contributed by atoms with Crippen LogP contribution in [0.15, 0.2) is 30.3 Å². The maximum Gasteiger partial charge on any atom is 0.317 e. The fraction of sp³-hybridized carbons (Fsp3) is 0.400. The molecule has 1 heterocycles. The number of carbonyl (C=O) groups excluding carboxylic acids is 1. The lowest BCUT2D eigenvalue weighted by Gasteiger charge is -2.14. The topological polar surface area (TPSA) is 57.0 Å². The second-order valence-corrected chi connectivity index (χ2v) is 4.64. The molecule has 0 aliphatic heterocycles. The molecule has 1 atom stereocenters. The van der Waals surface area contributed by atoms with E-state index in [1.807, 2.05) is 37.3 Å². The van der Waals surface area contributed by atoms with Crippen molar-refractivity contribution in [3.63, 3.8) is 0 Å². The summed E-state index contributed by atoms with van der Waals surface area (Å²) in [6.07, 6.45) is 0.561. The highest BCUT2D eigenvalue weighted by Gasteiger charge is 2.27. The molecule has 20 heavy (non-hydrogen) atoms. The van der Waals surface area contributed by atoms with Crippen LogP contribution in [-0.2, 0) is 23.0 Å². The van der Waals surface area contributed by atoms with Gasteiger partial charge in [-0.15, -0.1) is 0 Å². The summed E-state index contributed by atoms with van der Waals surface area (Å²) >= 11 is 0. The van der Waals surface area contributed by atoms with Crippen molar-refractivity contribution in [2.24, 2.45) is 7.05 Å². The highest BCUT2D eigenvalue weighted by atomic mass is 16.5. The molecule has 0 bridgehead atoms. The Bertz CT molecular complexity index is 578. The van der Waals surface area contributed by atoms with Crippen LogP contribution >= 0.6 is 0 Å². The highest BCUT2D eigenvalue weighted by Crippen LogP contribution is 2.21. The first-order chi connectivity index (χ1) is 9.61. The number of hydrogen-bond acceptors (Lipinski definition) is 4. The molecule has 5 nitrogen and oxygen atoms in total. The summed E-state index contributed by atoms with van der Waals surface area (Å²) in [6, 6.07) is 9.86. The molecule has 0 radical (unpaired) electrons. The minimum Gasteiger partial charge on any atom is -0.465 e. The van der Waals surface area contributed by atoms with E-state index in [9.17, 15) is 4.79 Å². The van der Waals surface area contributed by atoms with Crippen LogP contribution in [0.5, 0.6) is 0 Å². The average molecular weight is 273 g/mol. The van der Waals surface area contributed by atoms with E-state index in [0.29, 0.717) is 24.7 Å². The van der Waals surface area contributed by atoms with Crippen LogP contribution in [0, 0.1) is 6.92 Å². The summed E-state index contributed by atoms with van der Waals surface area (Å²) in [5.74, 6) is 0.616. The largest absolute Gasteiger partial charge is 0.465 e. The number of aromatic nitrogens is 3. The van der Waals surface area contributed by atoms with E-state index < -0.39 is 5.92 Å². The summed E-state index contributed by atoms with van der Waals surface area (Å²) < 4.78 is 6.83. The minimum absolute atomic E-state index is 0.258. The lowest BCUT2D eigenvalue weighted by atomic mass is 9.98. The quantitative estimate of drug-likeness (QED) is 0.782. The van der Waals surface area contributed by atoms with Gasteiger partial charge in [0.05, 0.1) is 6.61 Å². The Hall–Kier alpha value is -2.17. The Labute approximate surface area is 118 Å². The number of ether oxygens (including phenoxy) is 1. The van der Waals surface area contributed by atoms with E-state index in [0.717, 1.165) is 5.56 Å². The zero-order valence-electron chi connectivity index (χ0n) is 12.0. The third-order valence-electron chi connectivity index (χ3n) is 3.07. The van der Waals surface area contributed by atoms with Crippen LogP contribution in [-0.4, -0.2) is 27.3 Å². The van der Waals surface area contributed by atoms with E-state index in [4.69, 9.17) is 4.74 Å². The van der Waals surface area contributed by atoms with Crippen molar-refractivity contribution < 1.29 is 9.53 Å². The summed E-state index contributed by atoms with van der Waals surface area (Å²) in [7, 11) is 1.80. The van der Waals surface area contributed by atoms with Gasteiger partial charge in [-0.1, -0.05) is 30.3 Å². The Morgan fingerprint density at radius 3 is 2.60 bits per heavy atom. The zero-order chi connectivity index (χ0) is 14.5. The molecule has 0 aliphatic carbocycles. The molecular formula is C15H19N3O2. The third kappa shape index (κ3) is 3.23. The molecule has 0 amide bonds. The van der Waals surface area contributed by atoms with Gasteiger partial charge in [-0.05, 0) is 25.8 Å². The van der Waals surface area contributed by atoms with Crippen LogP contribution in [0.2, 0.25) is 0 Å². The van der Waals surface area contributed by atoms with Crippen LogP contribution < -0.4 is 0 Å². The van der Waals surface area contributed by atoms with Gasteiger partial charge in [-0.25, -0.2) is 4.98 Å². The first-order valence-corrected chi connectivity index (χ1v) is 6.70. The number of rotatable bonds is 5. The van der Waals surface area contributed by atoms with Crippen molar-refractivity contribution in [3.8, 4) is 0 Å². The van der Waals surface area contributed by atoms with Gasteiger partial charge in [0.15, 0.2) is 0 Å². The van der Waals surface area contributed by atoms with Gasteiger partial charge >= 0.3 is 5.97 Å². The SMILES string of the molecule is CCOC(=O)C(Cc1ccccc1)c1nc(C)nn1C. The number of nitrogens with zero attached hydrogens (tertiary/aromatic N) is 3. The van der Waals surface area contributed by atoms with Crippen molar-refractivity contribution in [2.45, 2.75) is 26.2 Å². The molecule has 0 N–H and O–H groups in total. The molecule has 1 aromatic carbocycles. The normalized spacial score (nSPS) is 12.2. The van der Waals surface area contributed by atoms with Gasteiger partial charge in [-0.3, -0.25) is 9.48 Å².